The van der Waals surface area contributed by atoms with Gasteiger partial charge in [-0.3, -0.25) is 4.79 Å². The van der Waals surface area contributed by atoms with Crippen molar-refractivity contribution < 1.29 is 23.7 Å². The van der Waals surface area contributed by atoms with E-state index in [0.717, 1.165) is 0 Å². The van der Waals surface area contributed by atoms with Gasteiger partial charge in [0.15, 0.2) is 11.5 Å². The third-order valence-corrected chi connectivity index (χ3v) is 3.64. The molecule has 1 aromatic rings. The molecule has 0 bridgehead atoms. The molecule has 2 rings (SSSR count). The summed E-state index contributed by atoms with van der Waals surface area (Å²) in [6, 6.07) is 3.32. The first-order valence-corrected chi connectivity index (χ1v) is 7.24. The molecule has 0 saturated carbocycles. The van der Waals surface area contributed by atoms with Crippen LogP contribution >= 0.6 is 0 Å². The SMILES string of the molecule is COc1cc(OC)c(C(=O)N2C[C@@H](C)O[C@@H](C)C2)cc1OC. The minimum absolute atomic E-state index is 0.0128. The van der Waals surface area contributed by atoms with Crippen LogP contribution in [0.15, 0.2) is 12.1 Å². The number of methoxy groups -OCH3 is 3. The minimum atomic E-state index is -0.0974. The van der Waals surface area contributed by atoms with Crippen LogP contribution in [-0.2, 0) is 4.74 Å². The molecule has 0 radical (unpaired) electrons. The van der Waals surface area contributed by atoms with Crippen LogP contribution in [0, 0.1) is 0 Å². The Balaban J connectivity index is 2.35. The van der Waals surface area contributed by atoms with Crippen LogP contribution in [0.25, 0.3) is 0 Å². The highest BCUT2D eigenvalue weighted by Crippen LogP contribution is 2.35. The van der Waals surface area contributed by atoms with Gasteiger partial charge in [-0.2, -0.15) is 0 Å². The van der Waals surface area contributed by atoms with E-state index in [-0.39, 0.29) is 18.1 Å². The maximum absolute atomic E-state index is 12.8. The van der Waals surface area contributed by atoms with Crippen molar-refractivity contribution in [1.82, 2.24) is 4.90 Å². The number of morpholine rings is 1. The van der Waals surface area contributed by atoms with E-state index in [9.17, 15) is 4.79 Å². The molecule has 2 atom stereocenters. The summed E-state index contributed by atoms with van der Waals surface area (Å²) in [5, 5.41) is 0. The number of hydrogen-bond acceptors (Lipinski definition) is 5. The normalized spacial score (nSPS) is 21.4. The Morgan fingerprint density at radius 2 is 1.50 bits per heavy atom. The molecule has 0 N–H and O–H groups in total. The van der Waals surface area contributed by atoms with Crippen molar-refractivity contribution in [3.8, 4) is 17.2 Å². The van der Waals surface area contributed by atoms with E-state index in [1.165, 1.54) is 14.2 Å². The zero-order chi connectivity index (χ0) is 16.3. The van der Waals surface area contributed by atoms with Gasteiger partial charge in [0.05, 0.1) is 39.1 Å². The molecule has 22 heavy (non-hydrogen) atoms. The van der Waals surface area contributed by atoms with Gasteiger partial charge in [-0.25, -0.2) is 0 Å². The Labute approximate surface area is 130 Å². The van der Waals surface area contributed by atoms with E-state index in [1.807, 2.05) is 13.8 Å². The molecule has 6 heteroatoms. The van der Waals surface area contributed by atoms with Gasteiger partial charge in [-0.1, -0.05) is 0 Å². The van der Waals surface area contributed by atoms with Crippen LogP contribution in [0.3, 0.4) is 0 Å². The molecule has 0 unspecified atom stereocenters. The maximum atomic E-state index is 12.8. The average molecular weight is 309 g/mol. The van der Waals surface area contributed by atoms with Crippen LogP contribution in [0.1, 0.15) is 24.2 Å². The lowest BCUT2D eigenvalue weighted by Crippen LogP contribution is -2.48. The summed E-state index contributed by atoms with van der Waals surface area (Å²) in [4.78, 5) is 14.6. The van der Waals surface area contributed by atoms with Gasteiger partial charge >= 0.3 is 0 Å². The van der Waals surface area contributed by atoms with Crippen molar-refractivity contribution in [2.75, 3.05) is 34.4 Å². The zero-order valence-corrected chi connectivity index (χ0v) is 13.7. The topological polar surface area (TPSA) is 57.2 Å². The highest BCUT2D eigenvalue weighted by Gasteiger charge is 2.29. The fourth-order valence-electron chi connectivity index (χ4n) is 2.71. The molecule has 1 amide bonds. The molecule has 1 heterocycles. The predicted octanol–water partition coefficient (Wildman–Crippen LogP) is 1.96. The summed E-state index contributed by atoms with van der Waals surface area (Å²) in [6.07, 6.45) is 0.0256. The molecule has 1 saturated heterocycles. The van der Waals surface area contributed by atoms with Crippen molar-refractivity contribution in [1.29, 1.82) is 0 Å². The molecule has 1 aliphatic rings. The van der Waals surface area contributed by atoms with Crippen LogP contribution in [0.5, 0.6) is 17.2 Å². The summed E-state index contributed by atoms with van der Waals surface area (Å²) < 4.78 is 21.5. The van der Waals surface area contributed by atoms with Crippen LogP contribution in [0.4, 0.5) is 0 Å². The molecule has 0 spiro atoms. The maximum Gasteiger partial charge on any atom is 0.257 e. The minimum Gasteiger partial charge on any atom is -0.496 e. The Bertz CT molecular complexity index is 536. The van der Waals surface area contributed by atoms with Gasteiger partial charge in [-0.05, 0) is 13.8 Å². The third kappa shape index (κ3) is 3.27. The summed E-state index contributed by atoms with van der Waals surface area (Å²) in [6.45, 7) is 5.03. The number of carbonyl (C=O) groups is 1. The largest absolute Gasteiger partial charge is 0.496 e. The van der Waals surface area contributed by atoms with E-state index >= 15 is 0 Å². The zero-order valence-electron chi connectivity index (χ0n) is 13.7. The Morgan fingerprint density at radius 1 is 1.00 bits per heavy atom. The van der Waals surface area contributed by atoms with Gasteiger partial charge in [0, 0.05) is 25.2 Å². The predicted molar refractivity (Wildman–Crippen MR) is 82.0 cm³/mol. The molecule has 1 aromatic carbocycles. The number of ether oxygens (including phenoxy) is 4. The first-order valence-electron chi connectivity index (χ1n) is 7.24. The Kier molecular flexibility index (Phi) is 5.13. The van der Waals surface area contributed by atoms with Crippen molar-refractivity contribution >= 4 is 5.91 Å². The van der Waals surface area contributed by atoms with Crippen molar-refractivity contribution in [3.63, 3.8) is 0 Å². The van der Waals surface area contributed by atoms with Gasteiger partial charge in [-0.15, -0.1) is 0 Å². The van der Waals surface area contributed by atoms with Gasteiger partial charge in [0.1, 0.15) is 5.75 Å². The highest BCUT2D eigenvalue weighted by atomic mass is 16.5. The summed E-state index contributed by atoms with van der Waals surface area (Å²) in [5.74, 6) is 1.40. The summed E-state index contributed by atoms with van der Waals surface area (Å²) in [5.41, 5.74) is 0.460. The van der Waals surface area contributed by atoms with E-state index in [4.69, 9.17) is 18.9 Å². The van der Waals surface area contributed by atoms with Crippen LogP contribution in [0.2, 0.25) is 0 Å². The number of hydrogen-bond donors (Lipinski definition) is 0. The van der Waals surface area contributed by atoms with Gasteiger partial charge < -0.3 is 23.8 Å². The molecule has 0 aromatic heterocycles. The quantitative estimate of drug-likeness (QED) is 0.851. The first kappa shape index (κ1) is 16.4. The Morgan fingerprint density at radius 3 is 2.00 bits per heavy atom. The Hall–Kier alpha value is -1.95. The van der Waals surface area contributed by atoms with Crippen molar-refractivity contribution in [2.45, 2.75) is 26.1 Å². The molecule has 1 fully saturated rings. The standard InChI is InChI=1S/C16H23NO5/c1-10-8-17(9-11(2)22-10)16(18)12-6-14(20-4)15(21-5)7-13(12)19-3/h6-7,10-11H,8-9H2,1-5H3/t10-,11+. The fraction of sp³-hybridized carbons (Fsp3) is 0.562. The second-order valence-electron chi connectivity index (χ2n) is 5.37. The lowest BCUT2D eigenvalue weighted by atomic mass is 10.1. The van der Waals surface area contributed by atoms with E-state index in [2.05, 4.69) is 0 Å². The number of carbonyl (C=O) groups excluding carboxylic acids is 1. The van der Waals surface area contributed by atoms with Crippen molar-refractivity contribution in [2.24, 2.45) is 0 Å². The first-order chi connectivity index (χ1) is 10.5. The second kappa shape index (κ2) is 6.87. The number of nitrogens with zero attached hydrogens (tertiary/aromatic N) is 1. The molecule has 1 aliphatic heterocycles. The van der Waals surface area contributed by atoms with Gasteiger partial charge in [0.2, 0.25) is 0 Å². The molecule has 122 valence electrons. The molecule has 0 aliphatic carbocycles. The lowest BCUT2D eigenvalue weighted by Gasteiger charge is -2.35. The van der Waals surface area contributed by atoms with E-state index < -0.39 is 0 Å². The summed E-state index contributed by atoms with van der Waals surface area (Å²) >= 11 is 0. The molecular formula is C16H23NO5. The number of amides is 1. The molecule has 6 nitrogen and oxygen atoms in total. The smallest absolute Gasteiger partial charge is 0.257 e. The van der Waals surface area contributed by atoms with E-state index in [1.54, 1.807) is 24.1 Å². The summed E-state index contributed by atoms with van der Waals surface area (Å²) in [7, 11) is 4.62. The molecular weight excluding hydrogens is 286 g/mol. The van der Waals surface area contributed by atoms with Crippen LogP contribution in [-0.4, -0.2) is 57.4 Å². The van der Waals surface area contributed by atoms with Gasteiger partial charge in [0.25, 0.3) is 5.91 Å². The number of rotatable bonds is 4. The number of benzene rings is 1. The monoisotopic (exact) mass is 309 g/mol. The third-order valence-electron chi connectivity index (χ3n) is 3.64. The van der Waals surface area contributed by atoms with E-state index in [0.29, 0.717) is 35.9 Å². The fourth-order valence-corrected chi connectivity index (χ4v) is 2.71. The second-order valence-corrected chi connectivity index (χ2v) is 5.37. The van der Waals surface area contributed by atoms with Crippen LogP contribution < -0.4 is 14.2 Å². The van der Waals surface area contributed by atoms with Crippen molar-refractivity contribution in [3.05, 3.63) is 17.7 Å². The average Bonchev–Trinajstić information content (AvgIpc) is 2.51. The lowest BCUT2D eigenvalue weighted by molar-refractivity contribution is -0.0586. The highest BCUT2D eigenvalue weighted by molar-refractivity contribution is 5.98.